The monoisotopic (exact) mass is 274 g/mol. The number of piperidine rings is 1. The molecule has 0 saturated carbocycles. The van der Waals surface area contributed by atoms with Gasteiger partial charge in [0.15, 0.2) is 0 Å². The van der Waals surface area contributed by atoms with Gasteiger partial charge in [-0.05, 0) is 38.4 Å². The van der Waals surface area contributed by atoms with E-state index in [1.807, 2.05) is 24.1 Å². The van der Waals surface area contributed by atoms with Crippen LogP contribution in [0.2, 0.25) is 0 Å². The number of carbonyl (C=O) groups excluding carboxylic acids is 1. The van der Waals surface area contributed by atoms with E-state index in [1.54, 1.807) is 6.20 Å². The van der Waals surface area contributed by atoms with Crippen molar-refractivity contribution in [1.82, 2.24) is 15.2 Å². The summed E-state index contributed by atoms with van der Waals surface area (Å²) in [7, 11) is 1.93. The molecule has 2 saturated heterocycles. The number of nitrogens with zero attached hydrogens (tertiary/aromatic N) is 3. The first-order valence-electron chi connectivity index (χ1n) is 7.45. The van der Waals surface area contributed by atoms with Gasteiger partial charge in [0.1, 0.15) is 5.82 Å². The number of hydrogen-bond acceptors (Lipinski definition) is 4. The second-order valence-electron chi connectivity index (χ2n) is 5.65. The van der Waals surface area contributed by atoms with Crippen molar-refractivity contribution in [3.8, 4) is 0 Å². The van der Waals surface area contributed by atoms with E-state index in [2.05, 4.69) is 15.2 Å². The first-order chi connectivity index (χ1) is 9.78. The molecular formula is C15H22N4O. The van der Waals surface area contributed by atoms with Gasteiger partial charge in [0.2, 0.25) is 0 Å². The maximum atomic E-state index is 12.2. The quantitative estimate of drug-likeness (QED) is 0.897. The molecule has 2 aliphatic rings. The zero-order valence-corrected chi connectivity index (χ0v) is 12.0. The van der Waals surface area contributed by atoms with Crippen molar-refractivity contribution in [2.75, 3.05) is 38.1 Å². The number of rotatable bonds is 3. The van der Waals surface area contributed by atoms with Gasteiger partial charge in [-0.3, -0.25) is 4.79 Å². The second kappa shape index (κ2) is 5.79. The molecule has 0 atom stereocenters. The minimum atomic E-state index is 0.0918. The van der Waals surface area contributed by atoms with Crippen molar-refractivity contribution in [2.45, 2.75) is 25.3 Å². The number of amides is 1. The molecule has 0 radical (unpaired) electrons. The van der Waals surface area contributed by atoms with E-state index < -0.39 is 0 Å². The van der Waals surface area contributed by atoms with Crippen LogP contribution >= 0.6 is 0 Å². The predicted octanol–water partition coefficient (Wildman–Crippen LogP) is 1.12. The van der Waals surface area contributed by atoms with Crippen molar-refractivity contribution in [3.05, 3.63) is 23.9 Å². The number of aromatic nitrogens is 1. The lowest BCUT2D eigenvalue weighted by atomic mass is 10.1. The molecule has 1 aromatic rings. The van der Waals surface area contributed by atoms with Crippen LogP contribution in [0.15, 0.2) is 18.3 Å². The van der Waals surface area contributed by atoms with Crippen molar-refractivity contribution in [2.24, 2.45) is 0 Å². The fourth-order valence-electron chi connectivity index (χ4n) is 2.83. The van der Waals surface area contributed by atoms with Gasteiger partial charge in [-0.1, -0.05) is 0 Å². The van der Waals surface area contributed by atoms with E-state index in [0.717, 1.165) is 32.0 Å². The van der Waals surface area contributed by atoms with Crippen LogP contribution in [0.3, 0.4) is 0 Å². The molecule has 0 bridgehead atoms. The standard InChI is InChI=1S/C15H22N4O/c1-16-13-10-19(11-13)15(20)12-5-6-14(17-9-12)18-7-3-2-4-8-18/h5-6,9,13,16H,2-4,7-8,10-11H2,1H3. The fourth-order valence-corrected chi connectivity index (χ4v) is 2.83. The molecule has 5 heteroatoms. The van der Waals surface area contributed by atoms with Gasteiger partial charge >= 0.3 is 0 Å². The minimum Gasteiger partial charge on any atom is -0.357 e. The molecule has 0 spiro atoms. The van der Waals surface area contributed by atoms with Crippen LogP contribution in [0.25, 0.3) is 0 Å². The Morgan fingerprint density at radius 3 is 2.60 bits per heavy atom. The maximum absolute atomic E-state index is 12.2. The fraction of sp³-hybridized carbons (Fsp3) is 0.600. The lowest BCUT2D eigenvalue weighted by molar-refractivity contribution is 0.0576. The average Bonchev–Trinajstić information content (AvgIpc) is 2.47. The summed E-state index contributed by atoms with van der Waals surface area (Å²) < 4.78 is 0. The van der Waals surface area contributed by atoms with E-state index in [1.165, 1.54) is 19.3 Å². The average molecular weight is 274 g/mol. The molecular weight excluding hydrogens is 252 g/mol. The first-order valence-corrected chi connectivity index (χ1v) is 7.45. The molecule has 0 aliphatic carbocycles. The van der Waals surface area contributed by atoms with Gasteiger partial charge in [-0.2, -0.15) is 0 Å². The third-order valence-corrected chi connectivity index (χ3v) is 4.25. The van der Waals surface area contributed by atoms with E-state index in [9.17, 15) is 4.79 Å². The summed E-state index contributed by atoms with van der Waals surface area (Å²) in [4.78, 5) is 20.9. The molecule has 3 rings (SSSR count). The van der Waals surface area contributed by atoms with Gasteiger partial charge in [-0.25, -0.2) is 4.98 Å². The van der Waals surface area contributed by atoms with Crippen molar-refractivity contribution in [1.29, 1.82) is 0 Å². The van der Waals surface area contributed by atoms with Crippen LogP contribution < -0.4 is 10.2 Å². The molecule has 1 amide bonds. The summed E-state index contributed by atoms with van der Waals surface area (Å²) in [5, 5.41) is 3.17. The number of likely N-dealkylation sites (N-methyl/N-ethyl adjacent to an activating group) is 1. The van der Waals surface area contributed by atoms with Crippen LogP contribution in [-0.2, 0) is 0 Å². The molecule has 2 aliphatic heterocycles. The highest BCUT2D eigenvalue weighted by atomic mass is 16.2. The summed E-state index contributed by atoms with van der Waals surface area (Å²) in [6.45, 7) is 3.75. The summed E-state index contributed by atoms with van der Waals surface area (Å²) >= 11 is 0. The SMILES string of the molecule is CNC1CN(C(=O)c2ccc(N3CCCCC3)nc2)C1. The predicted molar refractivity (Wildman–Crippen MR) is 79.1 cm³/mol. The van der Waals surface area contributed by atoms with E-state index in [0.29, 0.717) is 11.6 Å². The largest absolute Gasteiger partial charge is 0.357 e. The molecule has 2 fully saturated rings. The lowest BCUT2D eigenvalue weighted by Crippen LogP contribution is -2.58. The van der Waals surface area contributed by atoms with Crippen LogP contribution in [-0.4, -0.2) is 55.1 Å². The number of nitrogens with one attached hydrogen (secondary N) is 1. The lowest BCUT2D eigenvalue weighted by Gasteiger charge is -2.39. The number of likely N-dealkylation sites (tertiary alicyclic amines) is 1. The zero-order valence-electron chi connectivity index (χ0n) is 12.0. The Labute approximate surface area is 120 Å². The number of hydrogen-bond donors (Lipinski definition) is 1. The zero-order chi connectivity index (χ0) is 13.9. The molecule has 5 nitrogen and oxygen atoms in total. The molecule has 0 aromatic carbocycles. The molecule has 20 heavy (non-hydrogen) atoms. The van der Waals surface area contributed by atoms with E-state index >= 15 is 0 Å². The van der Waals surface area contributed by atoms with Crippen LogP contribution in [0.5, 0.6) is 0 Å². The Bertz CT molecular complexity index is 461. The van der Waals surface area contributed by atoms with Gasteiger partial charge in [-0.15, -0.1) is 0 Å². The smallest absolute Gasteiger partial charge is 0.255 e. The Balaban J connectivity index is 1.62. The highest BCUT2D eigenvalue weighted by Crippen LogP contribution is 2.19. The minimum absolute atomic E-state index is 0.0918. The number of carbonyl (C=O) groups is 1. The first kappa shape index (κ1) is 13.4. The third kappa shape index (κ3) is 2.63. The number of anilines is 1. The van der Waals surface area contributed by atoms with Gasteiger partial charge in [0, 0.05) is 38.4 Å². The molecule has 108 valence electrons. The molecule has 3 heterocycles. The van der Waals surface area contributed by atoms with Gasteiger partial charge < -0.3 is 15.1 Å². The summed E-state index contributed by atoms with van der Waals surface area (Å²) in [6, 6.07) is 4.33. The highest BCUT2D eigenvalue weighted by molar-refractivity contribution is 5.94. The highest BCUT2D eigenvalue weighted by Gasteiger charge is 2.30. The summed E-state index contributed by atoms with van der Waals surface area (Å²) in [5.41, 5.74) is 0.695. The van der Waals surface area contributed by atoms with Crippen molar-refractivity contribution >= 4 is 11.7 Å². The molecule has 0 unspecified atom stereocenters. The Hall–Kier alpha value is -1.62. The van der Waals surface area contributed by atoms with Crippen molar-refractivity contribution in [3.63, 3.8) is 0 Å². The van der Waals surface area contributed by atoms with Crippen LogP contribution in [0, 0.1) is 0 Å². The van der Waals surface area contributed by atoms with Crippen LogP contribution in [0.4, 0.5) is 5.82 Å². The Kier molecular flexibility index (Phi) is 3.87. The normalized spacial score (nSPS) is 19.9. The molecule has 1 N–H and O–H groups in total. The van der Waals surface area contributed by atoms with Crippen molar-refractivity contribution < 1.29 is 4.79 Å². The van der Waals surface area contributed by atoms with E-state index in [-0.39, 0.29) is 5.91 Å². The Morgan fingerprint density at radius 1 is 1.25 bits per heavy atom. The maximum Gasteiger partial charge on any atom is 0.255 e. The van der Waals surface area contributed by atoms with Gasteiger partial charge in [0.25, 0.3) is 5.91 Å². The van der Waals surface area contributed by atoms with Gasteiger partial charge in [0.05, 0.1) is 5.56 Å². The Morgan fingerprint density at radius 2 is 2.00 bits per heavy atom. The number of pyridine rings is 1. The summed E-state index contributed by atoms with van der Waals surface area (Å²) in [6.07, 6.45) is 5.51. The third-order valence-electron chi connectivity index (χ3n) is 4.25. The van der Waals surface area contributed by atoms with E-state index in [4.69, 9.17) is 0 Å². The second-order valence-corrected chi connectivity index (χ2v) is 5.65. The van der Waals surface area contributed by atoms with Crippen LogP contribution in [0.1, 0.15) is 29.6 Å². The summed E-state index contributed by atoms with van der Waals surface area (Å²) in [5.74, 6) is 1.09. The topological polar surface area (TPSA) is 48.5 Å². The molecule has 1 aromatic heterocycles.